The highest BCUT2D eigenvalue weighted by Gasteiger charge is 2.25. The van der Waals surface area contributed by atoms with Crippen LogP contribution in [0.4, 0.5) is 5.69 Å². The zero-order chi connectivity index (χ0) is 36.8. The van der Waals surface area contributed by atoms with E-state index in [2.05, 4.69) is 25.1 Å². The molecule has 6 rings (SSSR count). The van der Waals surface area contributed by atoms with E-state index in [-0.39, 0.29) is 36.0 Å². The van der Waals surface area contributed by atoms with Crippen molar-refractivity contribution in [3.63, 3.8) is 0 Å². The highest BCUT2D eigenvalue weighted by Crippen LogP contribution is 2.33. The van der Waals surface area contributed by atoms with Gasteiger partial charge in [0.2, 0.25) is 0 Å². The molecule has 11 heteroatoms. The molecule has 0 aliphatic carbocycles. The van der Waals surface area contributed by atoms with Crippen molar-refractivity contribution in [2.45, 2.75) is 58.4 Å². The molecule has 0 spiro atoms. The van der Waals surface area contributed by atoms with Crippen LogP contribution < -0.4 is 14.8 Å². The molecule has 274 valence electrons. The van der Waals surface area contributed by atoms with Crippen LogP contribution >= 0.6 is 0 Å². The lowest BCUT2D eigenvalue weighted by Crippen LogP contribution is -2.23. The SMILES string of the molecule is COc1cc(C(=O)Cc2cccc(-c3cccc(NC(=O)c4cc(OC)c(CN5CC[C@@H](OC)C5)cn4)c3C)c2C)ncc1CN1CC[C@@H](OC)C1. The zero-order valence-electron chi connectivity index (χ0n) is 31.0. The smallest absolute Gasteiger partial charge is 0.274 e. The van der Waals surface area contributed by atoms with Crippen molar-refractivity contribution in [3.8, 4) is 22.6 Å². The van der Waals surface area contributed by atoms with E-state index >= 15 is 0 Å². The second-order valence-corrected chi connectivity index (χ2v) is 13.6. The number of benzene rings is 2. The summed E-state index contributed by atoms with van der Waals surface area (Å²) in [5.74, 6) is 0.875. The maximum atomic E-state index is 13.6. The van der Waals surface area contributed by atoms with Crippen LogP contribution in [-0.2, 0) is 29.0 Å². The Morgan fingerprint density at radius 1 is 0.731 bits per heavy atom. The minimum Gasteiger partial charge on any atom is -0.496 e. The van der Waals surface area contributed by atoms with Gasteiger partial charge in [-0.15, -0.1) is 0 Å². The third kappa shape index (κ3) is 8.34. The number of ketones is 1. The van der Waals surface area contributed by atoms with E-state index in [1.165, 1.54) is 0 Å². The van der Waals surface area contributed by atoms with Crippen LogP contribution in [0.25, 0.3) is 11.1 Å². The van der Waals surface area contributed by atoms with Gasteiger partial charge in [-0.05, 0) is 60.6 Å². The maximum Gasteiger partial charge on any atom is 0.274 e. The molecule has 0 unspecified atom stereocenters. The van der Waals surface area contributed by atoms with Crippen LogP contribution in [0.5, 0.6) is 11.5 Å². The Morgan fingerprint density at radius 3 is 1.83 bits per heavy atom. The van der Waals surface area contributed by atoms with Crippen LogP contribution in [0.15, 0.2) is 60.9 Å². The van der Waals surface area contributed by atoms with Crippen LogP contribution in [0, 0.1) is 13.8 Å². The first kappa shape index (κ1) is 37.1. The van der Waals surface area contributed by atoms with E-state index in [0.29, 0.717) is 36.0 Å². The quantitative estimate of drug-likeness (QED) is 0.159. The highest BCUT2D eigenvalue weighted by atomic mass is 16.5. The number of nitrogens with zero attached hydrogens (tertiary/aromatic N) is 4. The number of rotatable bonds is 14. The first-order valence-corrected chi connectivity index (χ1v) is 17.8. The first-order valence-electron chi connectivity index (χ1n) is 17.8. The van der Waals surface area contributed by atoms with E-state index in [4.69, 9.17) is 18.9 Å². The summed E-state index contributed by atoms with van der Waals surface area (Å²) in [6, 6.07) is 15.3. The van der Waals surface area contributed by atoms with Crippen molar-refractivity contribution in [2.75, 3.05) is 59.9 Å². The molecule has 0 saturated carbocycles. The van der Waals surface area contributed by atoms with Gasteiger partial charge in [-0.2, -0.15) is 0 Å². The minimum atomic E-state index is -0.324. The van der Waals surface area contributed by atoms with Gasteiger partial charge in [0.1, 0.15) is 22.9 Å². The summed E-state index contributed by atoms with van der Waals surface area (Å²) >= 11 is 0. The van der Waals surface area contributed by atoms with Crippen molar-refractivity contribution in [1.82, 2.24) is 19.8 Å². The Labute approximate surface area is 306 Å². The lowest BCUT2D eigenvalue weighted by molar-refractivity contribution is 0.0985. The lowest BCUT2D eigenvalue weighted by Gasteiger charge is -2.18. The van der Waals surface area contributed by atoms with E-state index in [1.54, 1.807) is 53.0 Å². The first-order chi connectivity index (χ1) is 25.2. The normalized spacial score (nSPS) is 17.7. The summed E-state index contributed by atoms with van der Waals surface area (Å²) in [6.07, 6.45) is 6.13. The topological polar surface area (TPSA) is 115 Å². The molecule has 2 fully saturated rings. The monoisotopic (exact) mass is 707 g/mol. The Bertz CT molecular complexity index is 1780. The van der Waals surface area contributed by atoms with Crippen LogP contribution in [-0.4, -0.2) is 98.3 Å². The number of hydrogen-bond donors (Lipinski definition) is 1. The molecule has 52 heavy (non-hydrogen) atoms. The molecule has 2 saturated heterocycles. The van der Waals surface area contributed by atoms with Gasteiger partial charge in [0.15, 0.2) is 5.78 Å². The number of ether oxygens (including phenoxy) is 4. The van der Waals surface area contributed by atoms with E-state index in [9.17, 15) is 9.59 Å². The molecular weight excluding hydrogens is 658 g/mol. The van der Waals surface area contributed by atoms with Gasteiger partial charge in [0.05, 0.1) is 26.4 Å². The third-order valence-electron chi connectivity index (χ3n) is 10.4. The Balaban J connectivity index is 1.15. The molecule has 2 aliphatic rings. The second-order valence-electron chi connectivity index (χ2n) is 13.6. The summed E-state index contributed by atoms with van der Waals surface area (Å²) in [4.78, 5) is 40.7. The molecule has 4 aromatic rings. The van der Waals surface area contributed by atoms with Crippen molar-refractivity contribution in [3.05, 3.63) is 100 Å². The fourth-order valence-corrected chi connectivity index (χ4v) is 7.25. The zero-order valence-corrected chi connectivity index (χ0v) is 31.0. The fourth-order valence-electron chi connectivity index (χ4n) is 7.25. The van der Waals surface area contributed by atoms with Crippen LogP contribution in [0.1, 0.15) is 61.6 Å². The van der Waals surface area contributed by atoms with Gasteiger partial charge >= 0.3 is 0 Å². The number of amides is 1. The summed E-state index contributed by atoms with van der Waals surface area (Å²) < 4.78 is 22.3. The van der Waals surface area contributed by atoms with Gasteiger partial charge in [-0.25, -0.2) is 0 Å². The van der Waals surface area contributed by atoms with Crippen molar-refractivity contribution < 1.29 is 28.5 Å². The number of hydrogen-bond acceptors (Lipinski definition) is 10. The van der Waals surface area contributed by atoms with Gasteiger partial charge in [-0.3, -0.25) is 29.4 Å². The molecule has 1 amide bonds. The van der Waals surface area contributed by atoms with Crippen LogP contribution in [0.3, 0.4) is 0 Å². The molecule has 2 aliphatic heterocycles. The number of anilines is 1. The van der Waals surface area contributed by atoms with E-state index in [1.807, 2.05) is 50.2 Å². The molecular formula is C41H49N5O6. The summed E-state index contributed by atoms with van der Waals surface area (Å²) in [6.45, 7) is 8.98. The maximum absolute atomic E-state index is 13.6. The molecule has 2 aromatic carbocycles. The molecule has 0 bridgehead atoms. The summed E-state index contributed by atoms with van der Waals surface area (Å²) in [7, 11) is 6.72. The Hall–Kier alpha value is -4.68. The minimum absolute atomic E-state index is 0.0861. The standard InChI is InChI=1S/C41H49N5O6/c1-26-28(17-38(47)36-18-39(51-5)29(20-42-36)22-45-15-13-31(24-45)49-3)9-7-10-33(26)34-11-8-12-35(27(34)2)44-41(48)37-19-40(52-6)30(21-43-37)23-46-16-14-32(25-46)50-4/h7-12,18-21,31-32H,13-17,22-25H2,1-6H3,(H,44,48)/t31-,32-/m1/s1. The average molecular weight is 708 g/mol. The molecule has 1 N–H and O–H groups in total. The number of methoxy groups -OCH3 is 4. The van der Waals surface area contributed by atoms with Gasteiger partial charge in [0.25, 0.3) is 5.91 Å². The van der Waals surface area contributed by atoms with E-state index < -0.39 is 0 Å². The van der Waals surface area contributed by atoms with Gasteiger partial charge < -0.3 is 24.3 Å². The number of carbonyl (C=O) groups is 2. The third-order valence-corrected chi connectivity index (χ3v) is 10.4. The summed E-state index contributed by atoms with van der Waals surface area (Å²) in [5.41, 5.74) is 7.95. The molecule has 11 nitrogen and oxygen atoms in total. The van der Waals surface area contributed by atoms with Gasteiger partial charge in [-0.1, -0.05) is 30.3 Å². The highest BCUT2D eigenvalue weighted by molar-refractivity contribution is 6.04. The number of nitrogens with one attached hydrogen (secondary N) is 1. The molecule has 2 aromatic heterocycles. The molecule has 2 atom stereocenters. The van der Waals surface area contributed by atoms with Gasteiger partial charge in [0, 0.05) is 101 Å². The number of Topliss-reactive ketones (excluding diaryl/α,β-unsaturated/α-hetero) is 1. The largest absolute Gasteiger partial charge is 0.496 e. The van der Waals surface area contributed by atoms with Crippen molar-refractivity contribution in [1.29, 1.82) is 0 Å². The van der Waals surface area contributed by atoms with E-state index in [0.717, 1.165) is 78.0 Å². The second kappa shape index (κ2) is 16.8. The van der Waals surface area contributed by atoms with Crippen LogP contribution in [0.2, 0.25) is 0 Å². The fraction of sp³-hybridized carbons (Fsp3) is 0.415. The number of aromatic nitrogens is 2. The average Bonchev–Trinajstić information content (AvgIpc) is 3.83. The predicted molar refractivity (Wildman–Crippen MR) is 200 cm³/mol. The lowest BCUT2D eigenvalue weighted by atomic mass is 9.91. The van der Waals surface area contributed by atoms with Crippen molar-refractivity contribution >= 4 is 17.4 Å². The Kier molecular flexibility index (Phi) is 12.0. The molecule has 4 heterocycles. The number of carbonyl (C=O) groups excluding carboxylic acids is 2. The summed E-state index contributed by atoms with van der Waals surface area (Å²) in [5, 5.41) is 3.06. The molecule has 0 radical (unpaired) electrons. The number of pyridine rings is 2. The van der Waals surface area contributed by atoms with Crippen molar-refractivity contribution in [2.24, 2.45) is 0 Å². The number of likely N-dealkylation sites (tertiary alicyclic amines) is 2. The Morgan fingerprint density at radius 2 is 1.27 bits per heavy atom. The predicted octanol–water partition coefficient (Wildman–Crippen LogP) is 5.90.